The second kappa shape index (κ2) is 6.37. The summed E-state index contributed by atoms with van der Waals surface area (Å²) >= 11 is 0. The standard InChI is InChI=1S/C14H24N2O3/c15-12-7-3-1-2-6-11(12)14(19)16-8-4-5-10(16)9-13(17)18/h10-12H,1-9,15H2,(H,17,18). The first-order valence-electron chi connectivity index (χ1n) is 7.37. The van der Waals surface area contributed by atoms with Crippen molar-refractivity contribution in [3.8, 4) is 0 Å². The Morgan fingerprint density at radius 3 is 2.58 bits per heavy atom. The van der Waals surface area contributed by atoms with Gasteiger partial charge in [-0.3, -0.25) is 9.59 Å². The van der Waals surface area contributed by atoms with Crippen molar-refractivity contribution in [2.45, 2.75) is 63.5 Å². The van der Waals surface area contributed by atoms with Crippen molar-refractivity contribution in [3.05, 3.63) is 0 Å². The molecule has 1 saturated heterocycles. The number of carboxylic acids is 1. The van der Waals surface area contributed by atoms with Crippen molar-refractivity contribution in [3.63, 3.8) is 0 Å². The van der Waals surface area contributed by atoms with Gasteiger partial charge in [0.2, 0.25) is 5.91 Å². The predicted molar refractivity (Wildman–Crippen MR) is 71.5 cm³/mol. The lowest BCUT2D eigenvalue weighted by Crippen LogP contribution is -2.46. The van der Waals surface area contributed by atoms with E-state index in [9.17, 15) is 9.59 Å². The second-order valence-corrected chi connectivity index (χ2v) is 5.83. The van der Waals surface area contributed by atoms with Crippen LogP contribution in [-0.2, 0) is 9.59 Å². The van der Waals surface area contributed by atoms with Crippen LogP contribution in [0.2, 0.25) is 0 Å². The molecule has 0 bridgehead atoms. The monoisotopic (exact) mass is 268 g/mol. The molecule has 2 rings (SSSR count). The van der Waals surface area contributed by atoms with E-state index in [1.165, 1.54) is 0 Å². The Balaban J connectivity index is 2.02. The third-order valence-corrected chi connectivity index (χ3v) is 4.46. The highest BCUT2D eigenvalue weighted by Crippen LogP contribution is 2.28. The molecule has 1 aliphatic heterocycles. The van der Waals surface area contributed by atoms with Gasteiger partial charge < -0.3 is 15.7 Å². The summed E-state index contributed by atoms with van der Waals surface area (Å²) in [4.78, 5) is 25.2. The topological polar surface area (TPSA) is 83.6 Å². The van der Waals surface area contributed by atoms with Gasteiger partial charge in [-0.2, -0.15) is 0 Å². The molecule has 3 unspecified atom stereocenters. The van der Waals surface area contributed by atoms with Gasteiger partial charge in [0.15, 0.2) is 0 Å². The molecule has 3 atom stereocenters. The summed E-state index contributed by atoms with van der Waals surface area (Å²) in [6.45, 7) is 0.694. The maximum atomic E-state index is 12.6. The number of hydrogen-bond acceptors (Lipinski definition) is 3. The Morgan fingerprint density at radius 2 is 1.84 bits per heavy atom. The minimum absolute atomic E-state index is 0.0546. The molecule has 108 valence electrons. The number of amides is 1. The van der Waals surface area contributed by atoms with E-state index in [0.717, 1.165) is 44.9 Å². The van der Waals surface area contributed by atoms with Gasteiger partial charge in [0.25, 0.3) is 0 Å². The van der Waals surface area contributed by atoms with Crippen LogP contribution in [-0.4, -0.2) is 40.5 Å². The molecule has 1 amide bonds. The maximum absolute atomic E-state index is 12.6. The molecule has 1 heterocycles. The molecule has 1 aliphatic carbocycles. The highest BCUT2D eigenvalue weighted by molar-refractivity contribution is 5.81. The summed E-state index contributed by atoms with van der Waals surface area (Å²) in [6.07, 6.45) is 6.85. The quantitative estimate of drug-likeness (QED) is 0.757. The first kappa shape index (κ1) is 14.3. The Morgan fingerprint density at radius 1 is 1.11 bits per heavy atom. The molecule has 1 saturated carbocycles. The fourth-order valence-corrected chi connectivity index (χ4v) is 3.40. The van der Waals surface area contributed by atoms with Crippen LogP contribution in [0.1, 0.15) is 51.4 Å². The zero-order valence-electron chi connectivity index (χ0n) is 11.4. The van der Waals surface area contributed by atoms with Crippen LogP contribution in [0.4, 0.5) is 0 Å². The number of likely N-dealkylation sites (tertiary alicyclic amines) is 1. The number of carbonyl (C=O) groups excluding carboxylic acids is 1. The fraction of sp³-hybridized carbons (Fsp3) is 0.857. The minimum Gasteiger partial charge on any atom is -0.481 e. The molecule has 0 radical (unpaired) electrons. The molecule has 2 fully saturated rings. The van der Waals surface area contributed by atoms with E-state index >= 15 is 0 Å². The lowest BCUT2D eigenvalue weighted by atomic mass is 9.93. The van der Waals surface area contributed by atoms with Gasteiger partial charge in [0.1, 0.15) is 0 Å². The first-order valence-corrected chi connectivity index (χ1v) is 7.37. The van der Waals surface area contributed by atoms with E-state index in [4.69, 9.17) is 10.8 Å². The molecule has 5 nitrogen and oxygen atoms in total. The Hall–Kier alpha value is -1.10. The largest absolute Gasteiger partial charge is 0.481 e. The van der Waals surface area contributed by atoms with Crippen molar-refractivity contribution in [1.29, 1.82) is 0 Å². The van der Waals surface area contributed by atoms with Gasteiger partial charge >= 0.3 is 5.97 Å². The molecule has 2 aliphatic rings. The normalized spacial score (nSPS) is 32.1. The molecule has 0 aromatic rings. The van der Waals surface area contributed by atoms with Crippen molar-refractivity contribution in [2.75, 3.05) is 6.54 Å². The van der Waals surface area contributed by atoms with Crippen LogP contribution in [0.3, 0.4) is 0 Å². The van der Waals surface area contributed by atoms with Crippen molar-refractivity contribution < 1.29 is 14.7 Å². The van der Waals surface area contributed by atoms with Gasteiger partial charge in [-0.15, -0.1) is 0 Å². The Bertz CT molecular complexity index is 346. The number of nitrogens with zero attached hydrogens (tertiary/aromatic N) is 1. The molecule has 5 heteroatoms. The van der Waals surface area contributed by atoms with Crippen molar-refractivity contribution in [2.24, 2.45) is 11.7 Å². The van der Waals surface area contributed by atoms with E-state index in [-0.39, 0.29) is 30.3 Å². The summed E-state index contributed by atoms with van der Waals surface area (Å²) in [7, 11) is 0. The van der Waals surface area contributed by atoms with Crippen LogP contribution in [0, 0.1) is 5.92 Å². The van der Waals surface area contributed by atoms with Gasteiger partial charge in [-0.1, -0.05) is 19.3 Å². The number of carbonyl (C=O) groups is 2. The summed E-state index contributed by atoms with van der Waals surface area (Å²) in [5.41, 5.74) is 6.13. The molecule has 19 heavy (non-hydrogen) atoms. The third-order valence-electron chi connectivity index (χ3n) is 4.46. The van der Waals surface area contributed by atoms with Crippen molar-refractivity contribution in [1.82, 2.24) is 4.90 Å². The summed E-state index contributed by atoms with van der Waals surface area (Å²) in [5.74, 6) is -0.829. The van der Waals surface area contributed by atoms with E-state index in [2.05, 4.69) is 0 Å². The van der Waals surface area contributed by atoms with Crippen LogP contribution in [0.5, 0.6) is 0 Å². The molecular weight excluding hydrogens is 244 g/mol. The van der Waals surface area contributed by atoms with E-state index < -0.39 is 5.97 Å². The number of hydrogen-bond donors (Lipinski definition) is 2. The van der Waals surface area contributed by atoms with Gasteiger partial charge in [-0.05, 0) is 25.7 Å². The average molecular weight is 268 g/mol. The fourth-order valence-electron chi connectivity index (χ4n) is 3.40. The van der Waals surface area contributed by atoms with Crippen LogP contribution in [0.15, 0.2) is 0 Å². The van der Waals surface area contributed by atoms with Gasteiger partial charge in [0, 0.05) is 18.6 Å². The van der Waals surface area contributed by atoms with Gasteiger partial charge in [-0.25, -0.2) is 0 Å². The molecule has 0 aromatic heterocycles. The molecule has 3 N–H and O–H groups in total. The SMILES string of the molecule is NC1CCCCCC1C(=O)N1CCCC1CC(=O)O. The average Bonchev–Trinajstić information content (AvgIpc) is 2.69. The highest BCUT2D eigenvalue weighted by Gasteiger charge is 2.36. The minimum atomic E-state index is -0.824. The molecular formula is C14H24N2O3. The smallest absolute Gasteiger partial charge is 0.305 e. The number of aliphatic carboxylic acids is 1. The third kappa shape index (κ3) is 3.47. The first-order chi connectivity index (χ1) is 9.09. The number of carboxylic acid groups (broad SMARTS) is 1. The van der Waals surface area contributed by atoms with E-state index in [1.54, 1.807) is 4.90 Å². The zero-order valence-corrected chi connectivity index (χ0v) is 11.4. The van der Waals surface area contributed by atoms with E-state index in [0.29, 0.717) is 6.54 Å². The second-order valence-electron chi connectivity index (χ2n) is 5.83. The van der Waals surface area contributed by atoms with Gasteiger partial charge in [0.05, 0.1) is 12.3 Å². The van der Waals surface area contributed by atoms with Crippen LogP contribution < -0.4 is 5.73 Å². The molecule has 0 aromatic carbocycles. The lowest BCUT2D eigenvalue weighted by molar-refractivity contribution is -0.141. The number of nitrogens with two attached hydrogens (primary N) is 1. The molecule has 0 spiro atoms. The highest BCUT2D eigenvalue weighted by atomic mass is 16.4. The summed E-state index contributed by atoms with van der Waals surface area (Å²) in [6, 6.07) is -0.179. The number of rotatable bonds is 3. The zero-order chi connectivity index (χ0) is 13.8. The predicted octanol–water partition coefficient (Wildman–Crippen LogP) is 1.36. The van der Waals surface area contributed by atoms with Crippen LogP contribution >= 0.6 is 0 Å². The van der Waals surface area contributed by atoms with Crippen molar-refractivity contribution >= 4 is 11.9 Å². The van der Waals surface area contributed by atoms with E-state index in [1.807, 2.05) is 0 Å². The Labute approximate surface area is 114 Å². The summed E-state index contributed by atoms with van der Waals surface area (Å²) in [5, 5.41) is 8.92. The lowest BCUT2D eigenvalue weighted by Gasteiger charge is -2.30. The van der Waals surface area contributed by atoms with Crippen LogP contribution in [0.25, 0.3) is 0 Å². The Kier molecular flexibility index (Phi) is 4.80. The summed E-state index contributed by atoms with van der Waals surface area (Å²) < 4.78 is 0. The maximum Gasteiger partial charge on any atom is 0.305 e.